The first-order chi connectivity index (χ1) is 10.4. The third-order valence-corrected chi connectivity index (χ3v) is 4.15. The Balaban J connectivity index is 0.00000176. The maximum Gasteiger partial charge on any atom is 0.191 e. The highest BCUT2D eigenvalue weighted by Crippen LogP contribution is 2.32. The van der Waals surface area contributed by atoms with Gasteiger partial charge in [0, 0.05) is 25.6 Å². The molecule has 0 amide bonds. The summed E-state index contributed by atoms with van der Waals surface area (Å²) >= 11 is 0. The first kappa shape index (κ1) is 17.4. The summed E-state index contributed by atoms with van der Waals surface area (Å²) in [7, 11) is 0. The molecule has 2 aliphatic rings. The molecule has 1 atom stereocenters. The number of hydrogen-bond donors (Lipinski definition) is 2. The van der Waals surface area contributed by atoms with Crippen molar-refractivity contribution in [2.75, 3.05) is 26.2 Å². The summed E-state index contributed by atoms with van der Waals surface area (Å²) in [5, 5.41) is 6.83. The van der Waals surface area contributed by atoms with Gasteiger partial charge in [-0.1, -0.05) is 18.2 Å². The highest BCUT2D eigenvalue weighted by Gasteiger charge is 2.22. The van der Waals surface area contributed by atoms with Gasteiger partial charge in [0.15, 0.2) is 5.96 Å². The summed E-state index contributed by atoms with van der Waals surface area (Å²) in [6.07, 6.45) is 3.75. The number of aliphatic imine (C=N–C) groups is 1. The van der Waals surface area contributed by atoms with Crippen molar-refractivity contribution < 1.29 is 4.74 Å². The Hall–Kier alpha value is -0.980. The predicted molar refractivity (Wildman–Crippen MR) is 101 cm³/mol. The largest absolute Gasteiger partial charge is 0.493 e. The van der Waals surface area contributed by atoms with Gasteiger partial charge in [0.05, 0.1) is 6.61 Å². The number of nitrogens with zero attached hydrogens (tertiary/aromatic N) is 1. The van der Waals surface area contributed by atoms with E-state index < -0.39 is 0 Å². The molecule has 122 valence electrons. The molecule has 1 unspecified atom stereocenters. The maximum absolute atomic E-state index is 5.72. The number of rotatable bonds is 5. The fourth-order valence-electron chi connectivity index (χ4n) is 2.71. The lowest BCUT2D eigenvalue weighted by atomic mass is 9.93. The second kappa shape index (κ2) is 8.60. The Morgan fingerprint density at radius 2 is 2.05 bits per heavy atom. The molecule has 1 aliphatic carbocycles. The second-order valence-electron chi connectivity index (χ2n) is 5.92. The van der Waals surface area contributed by atoms with Crippen LogP contribution in [-0.2, 0) is 0 Å². The van der Waals surface area contributed by atoms with Crippen LogP contribution in [0.4, 0.5) is 0 Å². The van der Waals surface area contributed by atoms with E-state index in [1.165, 1.54) is 18.4 Å². The molecule has 1 aromatic carbocycles. The summed E-state index contributed by atoms with van der Waals surface area (Å²) in [6, 6.07) is 8.37. The second-order valence-corrected chi connectivity index (χ2v) is 5.92. The van der Waals surface area contributed by atoms with Crippen molar-refractivity contribution in [1.82, 2.24) is 10.6 Å². The van der Waals surface area contributed by atoms with Crippen molar-refractivity contribution in [3.63, 3.8) is 0 Å². The fraction of sp³-hybridized carbons (Fsp3) is 0.588. The zero-order chi connectivity index (χ0) is 14.5. The van der Waals surface area contributed by atoms with Crippen LogP contribution in [0.5, 0.6) is 5.75 Å². The lowest BCUT2D eigenvalue weighted by molar-refractivity contribution is 0.267. The van der Waals surface area contributed by atoms with E-state index in [2.05, 4.69) is 40.7 Å². The summed E-state index contributed by atoms with van der Waals surface area (Å²) in [5.41, 5.74) is 1.31. The molecule has 0 aromatic heterocycles. The van der Waals surface area contributed by atoms with Crippen LogP contribution in [-0.4, -0.2) is 32.2 Å². The van der Waals surface area contributed by atoms with Crippen molar-refractivity contribution in [2.45, 2.75) is 32.1 Å². The molecule has 22 heavy (non-hydrogen) atoms. The van der Waals surface area contributed by atoms with Crippen molar-refractivity contribution in [3.8, 4) is 5.75 Å². The Bertz CT molecular complexity index is 502. The van der Waals surface area contributed by atoms with Gasteiger partial charge in [-0.3, -0.25) is 4.99 Å². The predicted octanol–water partition coefficient (Wildman–Crippen LogP) is 3.14. The number of fused-ring (bicyclic) bond motifs is 1. The summed E-state index contributed by atoms with van der Waals surface area (Å²) in [6.45, 7) is 5.69. The van der Waals surface area contributed by atoms with Crippen LogP contribution in [0.3, 0.4) is 0 Å². The topological polar surface area (TPSA) is 45.7 Å². The lowest BCUT2D eigenvalue weighted by Gasteiger charge is -2.26. The molecule has 5 heteroatoms. The molecular formula is C17H26IN3O. The number of benzene rings is 1. The minimum Gasteiger partial charge on any atom is -0.493 e. The normalized spacial score (nSPS) is 20.4. The zero-order valence-corrected chi connectivity index (χ0v) is 15.5. The van der Waals surface area contributed by atoms with Crippen LogP contribution in [0.15, 0.2) is 29.3 Å². The van der Waals surface area contributed by atoms with Crippen LogP contribution < -0.4 is 15.4 Å². The van der Waals surface area contributed by atoms with Gasteiger partial charge in [-0.05, 0) is 43.7 Å². The Morgan fingerprint density at radius 3 is 2.82 bits per heavy atom. The Labute approximate surface area is 150 Å². The number of hydrogen-bond acceptors (Lipinski definition) is 2. The average Bonchev–Trinajstić information content (AvgIpc) is 3.34. The van der Waals surface area contributed by atoms with Gasteiger partial charge in [-0.25, -0.2) is 0 Å². The van der Waals surface area contributed by atoms with Gasteiger partial charge < -0.3 is 15.4 Å². The fourth-order valence-corrected chi connectivity index (χ4v) is 2.71. The smallest absolute Gasteiger partial charge is 0.191 e. The summed E-state index contributed by atoms with van der Waals surface area (Å²) < 4.78 is 5.72. The first-order valence-corrected chi connectivity index (χ1v) is 8.10. The summed E-state index contributed by atoms with van der Waals surface area (Å²) in [5.74, 6) is 3.31. The molecule has 1 heterocycles. The summed E-state index contributed by atoms with van der Waals surface area (Å²) in [4.78, 5) is 4.68. The van der Waals surface area contributed by atoms with Crippen molar-refractivity contribution in [3.05, 3.63) is 29.8 Å². The third-order valence-electron chi connectivity index (χ3n) is 4.15. The van der Waals surface area contributed by atoms with Gasteiger partial charge >= 0.3 is 0 Å². The molecule has 0 radical (unpaired) electrons. The van der Waals surface area contributed by atoms with Gasteiger partial charge in [0.25, 0.3) is 0 Å². The average molecular weight is 415 g/mol. The van der Waals surface area contributed by atoms with Crippen molar-refractivity contribution in [1.29, 1.82) is 0 Å². The third kappa shape index (κ3) is 4.76. The molecule has 1 saturated carbocycles. The maximum atomic E-state index is 5.72. The quantitative estimate of drug-likeness (QED) is 0.441. The van der Waals surface area contributed by atoms with E-state index in [9.17, 15) is 0 Å². The lowest BCUT2D eigenvalue weighted by Crippen LogP contribution is -2.40. The van der Waals surface area contributed by atoms with Crippen molar-refractivity contribution in [2.24, 2.45) is 10.9 Å². The van der Waals surface area contributed by atoms with E-state index in [1.807, 2.05) is 6.07 Å². The number of halogens is 1. The van der Waals surface area contributed by atoms with E-state index >= 15 is 0 Å². The van der Waals surface area contributed by atoms with E-state index in [0.717, 1.165) is 50.3 Å². The molecule has 0 bridgehead atoms. The highest BCUT2D eigenvalue weighted by molar-refractivity contribution is 14.0. The minimum atomic E-state index is 0. The van der Waals surface area contributed by atoms with Gasteiger partial charge in [-0.15, -0.1) is 24.0 Å². The SMILES string of the molecule is CCNC(=NCC1CC1)NCC1CCOc2ccccc21.I. The molecule has 0 spiro atoms. The monoisotopic (exact) mass is 415 g/mol. The van der Waals surface area contributed by atoms with Crippen LogP contribution in [0, 0.1) is 5.92 Å². The molecule has 2 N–H and O–H groups in total. The Morgan fingerprint density at radius 1 is 1.23 bits per heavy atom. The zero-order valence-electron chi connectivity index (χ0n) is 13.2. The molecular weight excluding hydrogens is 389 g/mol. The number of ether oxygens (including phenoxy) is 1. The minimum absolute atomic E-state index is 0. The van der Waals surface area contributed by atoms with Gasteiger partial charge in [0.1, 0.15) is 5.75 Å². The van der Waals surface area contributed by atoms with Crippen LogP contribution in [0.1, 0.15) is 37.7 Å². The molecule has 1 aromatic rings. The molecule has 3 rings (SSSR count). The van der Waals surface area contributed by atoms with E-state index in [-0.39, 0.29) is 24.0 Å². The number of para-hydroxylation sites is 1. The number of nitrogens with one attached hydrogen (secondary N) is 2. The standard InChI is InChI=1S/C17H25N3O.HI/c1-2-18-17(19-11-13-7-8-13)20-12-14-9-10-21-16-6-4-3-5-15(14)16;/h3-6,13-14H,2,7-12H2,1H3,(H2,18,19,20);1H. The number of guanidine groups is 1. The first-order valence-electron chi connectivity index (χ1n) is 8.10. The van der Waals surface area contributed by atoms with Gasteiger partial charge in [-0.2, -0.15) is 0 Å². The van der Waals surface area contributed by atoms with Gasteiger partial charge in [0.2, 0.25) is 0 Å². The van der Waals surface area contributed by atoms with Crippen LogP contribution in [0.25, 0.3) is 0 Å². The van der Waals surface area contributed by atoms with Crippen LogP contribution in [0.2, 0.25) is 0 Å². The van der Waals surface area contributed by atoms with Crippen molar-refractivity contribution >= 4 is 29.9 Å². The molecule has 0 saturated heterocycles. The molecule has 1 fully saturated rings. The molecule has 1 aliphatic heterocycles. The Kier molecular flexibility index (Phi) is 6.79. The van der Waals surface area contributed by atoms with E-state index in [0.29, 0.717) is 5.92 Å². The van der Waals surface area contributed by atoms with E-state index in [4.69, 9.17) is 4.74 Å². The highest BCUT2D eigenvalue weighted by atomic mass is 127. The van der Waals surface area contributed by atoms with E-state index in [1.54, 1.807) is 0 Å². The molecule has 4 nitrogen and oxygen atoms in total. The van der Waals surface area contributed by atoms with Crippen LogP contribution >= 0.6 is 24.0 Å².